The number of nitrogens with one attached hydrogen (secondary N) is 2. The predicted octanol–water partition coefficient (Wildman–Crippen LogP) is 2.25. The number of ether oxygens (including phenoxy) is 1. The summed E-state index contributed by atoms with van der Waals surface area (Å²) in [6.45, 7) is 0.824. The van der Waals surface area contributed by atoms with Crippen LogP contribution in [0.25, 0.3) is 10.9 Å². The maximum absolute atomic E-state index is 11.9. The molecule has 2 N–H and O–H groups in total. The summed E-state index contributed by atoms with van der Waals surface area (Å²) in [7, 11) is 1.65. The third-order valence-corrected chi connectivity index (χ3v) is 3.61. The Hall–Kier alpha value is -1.97. The van der Waals surface area contributed by atoms with Crippen LogP contribution in [-0.2, 0) is 11.2 Å². The lowest BCUT2D eigenvalue weighted by Crippen LogP contribution is -2.26. The van der Waals surface area contributed by atoms with Crippen molar-refractivity contribution < 1.29 is 9.53 Å². The predicted molar refractivity (Wildman–Crippen MR) is 74.3 cm³/mol. The summed E-state index contributed by atoms with van der Waals surface area (Å²) in [5.41, 5.74) is 2.05. The standard InChI is InChI=1S/C15H18N2O2/c1-19-12-4-5-14-13(7-12)11(9-16-14)6-15(18)17-8-10-2-3-10/h4-5,7,9-10,16H,2-3,6,8H2,1H3,(H,17,18). The van der Waals surface area contributed by atoms with Crippen LogP contribution in [0.1, 0.15) is 18.4 Å². The van der Waals surface area contributed by atoms with Crippen molar-refractivity contribution in [2.24, 2.45) is 5.92 Å². The maximum Gasteiger partial charge on any atom is 0.224 e. The van der Waals surface area contributed by atoms with Crippen LogP contribution in [-0.4, -0.2) is 24.5 Å². The third kappa shape index (κ3) is 2.72. The number of aromatic nitrogens is 1. The van der Waals surface area contributed by atoms with Crippen molar-refractivity contribution in [2.45, 2.75) is 19.3 Å². The summed E-state index contributed by atoms with van der Waals surface area (Å²) in [6.07, 6.45) is 4.83. The number of aromatic amines is 1. The number of benzene rings is 1. The molecule has 4 nitrogen and oxygen atoms in total. The van der Waals surface area contributed by atoms with Crippen LogP contribution in [0.15, 0.2) is 24.4 Å². The van der Waals surface area contributed by atoms with Gasteiger partial charge in [0.1, 0.15) is 5.75 Å². The molecule has 100 valence electrons. The van der Waals surface area contributed by atoms with Crippen LogP contribution in [0, 0.1) is 5.92 Å². The van der Waals surface area contributed by atoms with Crippen LogP contribution < -0.4 is 10.1 Å². The van der Waals surface area contributed by atoms with E-state index < -0.39 is 0 Å². The van der Waals surface area contributed by atoms with E-state index in [1.807, 2.05) is 24.4 Å². The van der Waals surface area contributed by atoms with Gasteiger partial charge in [0.05, 0.1) is 13.5 Å². The van der Waals surface area contributed by atoms with Gasteiger partial charge in [-0.1, -0.05) is 0 Å². The van der Waals surface area contributed by atoms with E-state index in [4.69, 9.17) is 4.74 Å². The van der Waals surface area contributed by atoms with Crippen molar-refractivity contribution in [1.82, 2.24) is 10.3 Å². The number of fused-ring (bicyclic) bond motifs is 1. The van der Waals surface area contributed by atoms with Crippen molar-refractivity contribution in [1.29, 1.82) is 0 Å². The molecule has 0 bridgehead atoms. The highest BCUT2D eigenvalue weighted by Gasteiger charge is 2.21. The van der Waals surface area contributed by atoms with E-state index in [-0.39, 0.29) is 5.91 Å². The molecule has 4 heteroatoms. The SMILES string of the molecule is COc1ccc2[nH]cc(CC(=O)NCC3CC3)c2c1. The molecule has 0 atom stereocenters. The number of hydrogen-bond acceptors (Lipinski definition) is 2. The van der Waals surface area contributed by atoms with Crippen molar-refractivity contribution in [3.05, 3.63) is 30.0 Å². The van der Waals surface area contributed by atoms with Gasteiger partial charge in [0.2, 0.25) is 5.91 Å². The van der Waals surface area contributed by atoms with Crippen molar-refractivity contribution in [3.8, 4) is 5.75 Å². The molecule has 19 heavy (non-hydrogen) atoms. The molecule has 3 rings (SSSR count). The third-order valence-electron chi connectivity index (χ3n) is 3.61. The van der Waals surface area contributed by atoms with E-state index >= 15 is 0 Å². The number of amides is 1. The molecule has 0 aliphatic heterocycles. The molecule has 1 aliphatic rings. The lowest BCUT2D eigenvalue weighted by Gasteiger charge is -2.04. The lowest BCUT2D eigenvalue weighted by atomic mass is 10.1. The number of H-pyrrole nitrogens is 1. The van der Waals surface area contributed by atoms with Gasteiger partial charge in [-0.2, -0.15) is 0 Å². The zero-order chi connectivity index (χ0) is 13.2. The average Bonchev–Trinajstić information content (AvgIpc) is 3.18. The average molecular weight is 258 g/mol. The van der Waals surface area contributed by atoms with Crippen LogP contribution in [0.3, 0.4) is 0 Å². The number of hydrogen-bond donors (Lipinski definition) is 2. The molecule has 0 radical (unpaired) electrons. The van der Waals surface area contributed by atoms with Crippen LogP contribution >= 0.6 is 0 Å². The molecule has 1 aromatic heterocycles. The molecule has 1 aliphatic carbocycles. The topological polar surface area (TPSA) is 54.1 Å². The summed E-state index contributed by atoms with van der Waals surface area (Å²) in [6, 6.07) is 5.85. The Bertz CT molecular complexity index is 599. The minimum atomic E-state index is 0.0932. The summed E-state index contributed by atoms with van der Waals surface area (Å²) in [5, 5.41) is 4.05. The fourth-order valence-electron chi connectivity index (χ4n) is 2.25. The van der Waals surface area contributed by atoms with Crippen molar-refractivity contribution in [2.75, 3.05) is 13.7 Å². The second kappa shape index (κ2) is 4.96. The maximum atomic E-state index is 11.9. The smallest absolute Gasteiger partial charge is 0.224 e. The van der Waals surface area contributed by atoms with Gasteiger partial charge >= 0.3 is 0 Å². The summed E-state index contributed by atoms with van der Waals surface area (Å²) >= 11 is 0. The molecule has 1 aromatic carbocycles. The Kier molecular flexibility index (Phi) is 3.15. The molecule has 1 heterocycles. The molecule has 0 saturated heterocycles. The van der Waals surface area contributed by atoms with Gasteiger partial charge in [0.25, 0.3) is 0 Å². The molecular formula is C15H18N2O2. The fraction of sp³-hybridized carbons (Fsp3) is 0.400. The molecule has 1 amide bonds. The normalized spacial score (nSPS) is 14.6. The second-order valence-electron chi connectivity index (χ2n) is 5.15. The van der Waals surface area contributed by atoms with Gasteiger partial charge in [-0.3, -0.25) is 4.79 Å². The van der Waals surface area contributed by atoms with E-state index in [0.29, 0.717) is 12.3 Å². The molecule has 1 saturated carbocycles. The van der Waals surface area contributed by atoms with Crippen molar-refractivity contribution in [3.63, 3.8) is 0 Å². The Labute approximate surface area is 112 Å². The Balaban J connectivity index is 1.73. The van der Waals surface area contributed by atoms with E-state index in [0.717, 1.165) is 28.8 Å². The number of carbonyl (C=O) groups excluding carboxylic acids is 1. The Morgan fingerprint density at radius 1 is 1.47 bits per heavy atom. The molecular weight excluding hydrogens is 240 g/mol. The number of methoxy groups -OCH3 is 1. The summed E-state index contributed by atoms with van der Waals surface area (Å²) in [5.74, 6) is 1.62. The summed E-state index contributed by atoms with van der Waals surface area (Å²) in [4.78, 5) is 15.1. The number of rotatable bonds is 5. The Morgan fingerprint density at radius 3 is 3.05 bits per heavy atom. The van der Waals surface area contributed by atoms with Gasteiger partial charge in [-0.05, 0) is 42.5 Å². The highest BCUT2D eigenvalue weighted by Crippen LogP contribution is 2.27. The zero-order valence-electron chi connectivity index (χ0n) is 11.0. The first-order valence-corrected chi connectivity index (χ1v) is 6.67. The molecule has 2 aromatic rings. The van der Waals surface area contributed by atoms with E-state index in [1.54, 1.807) is 7.11 Å². The molecule has 0 spiro atoms. The minimum absolute atomic E-state index is 0.0932. The van der Waals surface area contributed by atoms with Gasteiger partial charge in [-0.15, -0.1) is 0 Å². The van der Waals surface area contributed by atoms with Gasteiger partial charge in [0, 0.05) is 23.6 Å². The van der Waals surface area contributed by atoms with Gasteiger partial charge in [0.15, 0.2) is 0 Å². The number of carbonyl (C=O) groups is 1. The fourth-order valence-corrected chi connectivity index (χ4v) is 2.25. The van der Waals surface area contributed by atoms with Gasteiger partial charge < -0.3 is 15.0 Å². The minimum Gasteiger partial charge on any atom is -0.497 e. The highest BCUT2D eigenvalue weighted by molar-refractivity contribution is 5.89. The first-order chi connectivity index (χ1) is 9.26. The van der Waals surface area contributed by atoms with E-state index in [1.165, 1.54) is 12.8 Å². The van der Waals surface area contributed by atoms with E-state index in [9.17, 15) is 4.79 Å². The Morgan fingerprint density at radius 2 is 2.32 bits per heavy atom. The molecule has 1 fully saturated rings. The van der Waals surface area contributed by atoms with Crippen LogP contribution in [0.2, 0.25) is 0 Å². The lowest BCUT2D eigenvalue weighted by molar-refractivity contribution is -0.120. The largest absolute Gasteiger partial charge is 0.497 e. The molecule has 0 unspecified atom stereocenters. The van der Waals surface area contributed by atoms with Gasteiger partial charge in [-0.25, -0.2) is 0 Å². The van der Waals surface area contributed by atoms with Crippen molar-refractivity contribution >= 4 is 16.8 Å². The van der Waals surface area contributed by atoms with Crippen LogP contribution in [0.5, 0.6) is 5.75 Å². The first kappa shape index (κ1) is 12.1. The first-order valence-electron chi connectivity index (χ1n) is 6.67. The van der Waals surface area contributed by atoms with E-state index in [2.05, 4.69) is 10.3 Å². The second-order valence-corrected chi connectivity index (χ2v) is 5.15. The highest BCUT2D eigenvalue weighted by atomic mass is 16.5. The quantitative estimate of drug-likeness (QED) is 0.864. The summed E-state index contributed by atoms with van der Waals surface area (Å²) < 4.78 is 5.22. The van der Waals surface area contributed by atoms with Crippen LogP contribution in [0.4, 0.5) is 0 Å². The monoisotopic (exact) mass is 258 g/mol. The zero-order valence-corrected chi connectivity index (χ0v) is 11.0.